The summed E-state index contributed by atoms with van der Waals surface area (Å²) in [7, 11) is 2.76. The largest absolute Gasteiger partial charge is 0.493 e. The molecule has 0 aliphatic heterocycles. The van der Waals surface area contributed by atoms with Gasteiger partial charge in [0.2, 0.25) is 0 Å². The van der Waals surface area contributed by atoms with E-state index in [0.717, 1.165) is 0 Å². The average Bonchev–Trinajstić information content (AvgIpc) is 2.45. The third-order valence-corrected chi connectivity index (χ3v) is 1.49. The van der Waals surface area contributed by atoms with Crippen LogP contribution in [-0.2, 0) is 4.74 Å². The number of esters is 1. The van der Waals surface area contributed by atoms with Crippen molar-refractivity contribution in [1.82, 2.24) is 4.98 Å². The second-order valence-electron chi connectivity index (χ2n) is 2.14. The van der Waals surface area contributed by atoms with Crippen LogP contribution in [0.2, 0.25) is 0 Å². The summed E-state index contributed by atoms with van der Waals surface area (Å²) in [6, 6.07) is 0. The number of hydrogen-bond acceptors (Lipinski definition) is 4. The van der Waals surface area contributed by atoms with Crippen LogP contribution in [0.15, 0.2) is 6.20 Å². The van der Waals surface area contributed by atoms with Gasteiger partial charge in [0.1, 0.15) is 5.69 Å². The van der Waals surface area contributed by atoms with Gasteiger partial charge >= 0.3 is 5.97 Å². The van der Waals surface area contributed by atoms with Crippen LogP contribution in [0.4, 0.5) is 5.69 Å². The van der Waals surface area contributed by atoms with Crippen LogP contribution in [0.3, 0.4) is 0 Å². The molecular weight excluding hydrogens is 160 g/mol. The third kappa shape index (κ3) is 1.20. The fourth-order valence-electron chi connectivity index (χ4n) is 0.856. The van der Waals surface area contributed by atoms with E-state index in [-0.39, 0.29) is 11.4 Å². The molecular formula is C7H10N2O3. The van der Waals surface area contributed by atoms with E-state index < -0.39 is 5.97 Å². The van der Waals surface area contributed by atoms with Gasteiger partial charge in [-0.25, -0.2) is 4.79 Å². The minimum Gasteiger partial charge on any atom is -0.493 e. The van der Waals surface area contributed by atoms with Crippen LogP contribution in [0.1, 0.15) is 10.5 Å². The maximum Gasteiger partial charge on any atom is 0.356 e. The molecule has 12 heavy (non-hydrogen) atoms. The maximum atomic E-state index is 11.0. The molecule has 1 aromatic rings. The van der Waals surface area contributed by atoms with Gasteiger partial charge in [-0.15, -0.1) is 0 Å². The predicted molar refractivity (Wildman–Crippen MR) is 43.1 cm³/mol. The van der Waals surface area contributed by atoms with Gasteiger partial charge in [0.15, 0.2) is 11.4 Å². The highest BCUT2D eigenvalue weighted by atomic mass is 16.5. The van der Waals surface area contributed by atoms with E-state index in [0.29, 0.717) is 5.75 Å². The van der Waals surface area contributed by atoms with Gasteiger partial charge in [0.05, 0.1) is 14.2 Å². The summed E-state index contributed by atoms with van der Waals surface area (Å²) in [6.07, 6.45) is 1.50. The Labute approximate surface area is 69.5 Å². The summed E-state index contributed by atoms with van der Waals surface area (Å²) in [4.78, 5) is 13.6. The highest BCUT2D eigenvalue weighted by Gasteiger charge is 2.15. The average molecular weight is 170 g/mol. The molecule has 0 aliphatic carbocycles. The number of H-pyrrole nitrogens is 1. The number of nitrogens with one attached hydrogen (secondary N) is 1. The molecule has 0 aromatic carbocycles. The van der Waals surface area contributed by atoms with Crippen molar-refractivity contribution < 1.29 is 14.3 Å². The molecule has 3 N–H and O–H groups in total. The molecule has 0 fully saturated rings. The molecule has 66 valence electrons. The monoisotopic (exact) mass is 170 g/mol. The first-order valence-electron chi connectivity index (χ1n) is 3.29. The highest BCUT2D eigenvalue weighted by Crippen LogP contribution is 2.24. The Morgan fingerprint density at radius 2 is 2.25 bits per heavy atom. The third-order valence-electron chi connectivity index (χ3n) is 1.49. The molecule has 0 saturated heterocycles. The Balaban J connectivity index is 3.02. The Bertz CT molecular complexity index is 293. The first kappa shape index (κ1) is 8.45. The number of nitrogen functional groups attached to an aromatic ring is 1. The summed E-state index contributed by atoms with van der Waals surface area (Å²) in [6.45, 7) is 0. The van der Waals surface area contributed by atoms with Crippen LogP contribution < -0.4 is 10.5 Å². The lowest BCUT2D eigenvalue weighted by molar-refractivity contribution is 0.0596. The van der Waals surface area contributed by atoms with Gasteiger partial charge in [-0.1, -0.05) is 0 Å². The molecule has 5 heteroatoms. The van der Waals surface area contributed by atoms with Crippen LogP contribution in [0, 0.1) is 0 Å². The summed E-state index contributed by atoms with van der Waals surface area (Å²) in [5.41, 5.74) is 6.02. The predicted octanol–water partition coefficient (Wildman–Crippen LogP) is 0.392. The van der Waals surface area contributed by atoms with Crippen LogP contribution >= 0.6 is 0 Å². The molecule has 5 nitrogen and oxygen atoms in total. The van der Waals surface area contributed by atoms with Crippen molar-refractivity contribution in [2.45, 2.75) is 0 Å². The summed E-state index contributed by atoms with van der Waals surface area (Å²) in [5.74, 6) is -0.0637. The molecule has 0 atom stereocenters. The van der Waals surface area contributed by atoms with Crippen molar-refractivity contribution in [2.24, 2.45) is 0 Å². The number of carbonyl (C=O) groups excluding carboxylic acids is 1. The number of anilines is 1. The number of aromatic nitrogens is 1. The standard InChI is InChI=1S/C7H10N2O3/c1-11-4-3-9-6(5(4)8)7(10)12-2/h3,9H,8H2,1-2H3. The number of hydrogen-bond donors (Lipinski definition) is 2. The van der Waals surface area contributed by atoms with Gasteiger partial charge in [0.25, 0.3) is 0 Å². The zero-order valence-corrected chi connectivity index (χ0v) is 6.88. The van der Waals surface area contributed by atoms with E-state index in [2.05, 4.69) is 9.72 Å². The van der Waals surface area contributed by atoms with Gasteiger partial charge in [-0.2, -0.15) is 0 Å². The SMILES string of the molecule is COC(=O)c1[nH]cc(OC)c1N. The normalized spacial score (nSPS) is 9.50. The topological polar surface area (TPSA) is 77.3 Å². The fourth-order valence-corrected chi connectivity index (χ4v) is 0.856. The van der Waals surface area contributed by atoms with E-state index >= 15 is 0 Å². The van der Waals surface area contributed by atoms with E-state index in [1.165, 1.54) is 20.4 Å². The van der Waals surface area contributed by atoms with Crippen LogP contribution in [0.5, 0.6) is 5.75 Å². The second kappa shape index (κ2) is 3.17. The number of ether oxygens (including phenoxy) is 2. The Hall–Kier alpha value is -1.65. The van der Waals surface area contributed by atoms with Crippen molar-refractivity contribution in [3.63, 3.8) is 0 Å². The molecule has 0 bridgehead atoms. The van der Waals surface area contributed by atoms with E-state index in [9.17, 15) is 4.79 Å². The van der Waals surface area contributed by atoms with E-state index in [1.807, 2.05) is 0 Å². The Kier molecular flexibility index (Phi) is 2.23. The van der Waals surface area contributed by atoms with Crippen LogP contribution in [-0.4, -0.2) is 25.2 Å². The van der Waals surface area contributed by atoms with Crippen molar-refractivity contribution in [1.29, 1.82) is 0 Å². The molecule has 1 heterocycles. The lowest BCUT2D eigenvalue weighted by atomic mass is 10.3. The van der Waals surface area contributed by atoms with Crippen molar-refractivity contribution in [3.8, 4) is 5.75 Å². The molecule has 0 aliphatic rings. The van der Waals surface area contributed by atoms with Gasteiger partial charge in [0, 0.05) is 6.20 Å². The molecule has 1 rings (SSSR count). The molecule has 0 unspecified atom stereocenters. The van der Waals surface area contributed by atoms with Crippen molar-refractivity contribution in [3.05, 3.63) is 11.9 Å². The van der Waals surface area contributed by atoms with Crippen molar-refractivity contribution >= 4 is 11.7 Å². The van der Waals surface area contributed by atoms with Gasteiger partial charge in [-0.05, 0) is 0 Å². The number of aromatic amines is 1. The molecule has 1 aromatic heterocycles. The van der Waals surface area contributed by atoms with E-state index in [1.54, 1.807) is 0 Å². The number of nitrogens with two attached hydrogens (primary N) is 1. The lowest BCUT2D eigenvalue weighted by Crippen LogP contribution is -2.04. The van der Waals surface area contributed by atoms with Gasteiger partial charge in [-0.3, -0.25) is 0 Å². The summed E-state index contributed by atoms with van der Waals surface area (Å²) < 4.78 is 9.33. The summed E-state index contributed by atoms with van der Waals surface area (Å²) >= 11 is 0. The number of methoxy groups -OCH3 is 2. The highest BCUT2D eigenvalue weighted by molar-refractivity contribution is 5.94. The second-order valence-corrected chi connectivity index (χ2v) is 2.14. The minimum atomic E-state index is -0.504. The minimum absolute atomic E-state index is 0.217. The van der Waals surface area contributed by atoms with Crippen molar-refractivity contribution in [2.75, 3.05) is 20.0 Å². The Morgan fingerprint density at radius 1 is 1.58 bits per heavy atom. The quantitative estimate of drug-likeness (QED) is 0.629. The lowest BCUT2D eigenvalue weighted by Gasteiger charge is -1.98. The molecule has 0 saturated carbocycles. The number of carbonyl (C=O) groups is 1. The zero-order valence-electron chi connectivity index (χ0n) is 6.88. The fraction of sp³-hybridized carbons (Fsp3) is 0.286. The summed E-state index contributed by atoms with van der Waals surface area (Å²) in [5, 5.41) is 0. The molecule has 0 amide bonds. The zero-order chi connectivity index (χ0) is 9.14. The molecule has 0 spiro atoms. The smallest absolute Gasteiger partial charge is 0.356 e. The number of rotatable bonds is 2. The Morgan fingerprint density at radius 3 is 2.67 bits per heavy atom. The van der Waals surface area contributed by atoms with Gasteiger partial charge < -0.3 is 20.2 Å². The first-order valence-corrected chi connectivity index (χ1v) is 3.29. The van der Waals surface area contributed by atoms with E-state index in [4.69, 9.17) is 10.5 Å². The molecule has 0 radical (unpaired) electrons. The van der Waals surface area contributed by atoms with Crippen LogP contribution in [0.25, 0.3) is 0 Å². The maximum absolute atomic E-state index is 11.0. The first-order chi connectivity index (χ1) is 5.70.